The summed E-state index contributed by atoms with van der Waals surface area (Å²) in [6.07, 6.45) is 0.705. The molecule has 5 nitrogen and oxygen atoms in total. The van der Waals surface area contributed by atoms with E-state index in [0.29, 0.717) is 10.8 Å². The third kappa shape index (κ3) is 3.51. The van der Waals surface area contributed by atoms with Gasteiger partial charge < -0.3 is 10.1 Å². The van der Waals surface area contributed by atoms with Gasteiger partial charge in [-0.2, -0.15) is 0 Å². The molecule has 5 aromatic rings. The van der Waals surface area contributed by atoms with Crippen molar-refractivity contribution in [2.24, 2.45) is 0 Å². The van der Waals surface area contributed by atoms with Gasteiger partial charge in [-0.3, -0.25) is 0 Å². The predicted molar refractivity (Wildman–Crippen MR) is 117 cm³/mol. The van der Waals surface area contributed by atoms with E-state index >= 15 is 0 Å². The minimum atomic E-state index is -0.841. The van der Waals surface area contributed by atoms with Crippen LogP contribution in [-0.2, 0) is 0 Å². The Labute approximate surface area is 175 Å². The van der Waals surface area contributed by atoms with Crippen molar-refractivity contribution in [3.05, 3.63) is 89.0 Å². The molecule has 3 aromatic heterocycles. The zero-order valence-corrected chi connectivity index (χ0v) is 16.8. The quantitative estimate of drug-likeness (QED) is 0.402. The van der Waals surface area contributed by atoms with Crippen molar-refractivity contribution in [2.45, 2.75) is 6.10 Å². The first-order valence-electron chi connectivity index (χ1n) is 9.04. The van der Waals surface area contributed by atoms with Crippen LogP contribution in [0.2, 0.25) is 0 Å². The van der Waals surface area contributed by atoms with Crippen molar-refractivity contribution in [3.63, 3.8) is 0 Å². The van der Waals surface area contributed by atoms with E-state index in [-0.39, 0.29) is 0 Å². The van der Waals surface area contributed by atoms with Crippen LogP contribution in [0.25, 0.3) is 32.4 Å². The molecule has 0 saturated heterocycles. The molecule has 0 saturated carbocycles. The number of thiophene rings is 1. The number of aromatic amines is 1. The van der Waals surface area contributed by atoms with Crippen molar-refractivity contribution in [1.82, 2.24) is 20.2 Å². The molecule has 0 bridgehead atoms. The smallest absolute Gasteiger partial charge is 0.171 e. The van der Waals surface area contributed by atoms with Gasteiger partial charge in [-0.05, 0) is 11.6 Å². The Morgan fingerprint density at radius 2 is 1.66 bits per heavy atom. The number of aromatic nitrogens is 4. The highest BCUT2D eigenvalue weighted by molar-refractivity contribution is 7.19. The fraction of sp³-hybridized carbons (Fsp3) is 0.0455. The molecule has 29 heavy (non-hydrogen) atoms. The second-order valence-electron chi connectivity index (χ2n) is 6.44. The highest BCUT2D eigenvalue weighted by atomic mass is 32.1. The second kappa shape index (κ2) is 7.71. The van der Waals surface area contributed by atoms with Gasteiger partial charge in [-0.25, -0.2) is 4.98 Å². The summed E-state index contributed by atoms with van der Waals surface area (Å²) < 4.78 is 0. The van der Waals surface area contributed by atoms with Gasteiger partial charge in [0.1, 0.15) is 17.4 Å². The second-order valence-corrected chi connectivity index (χ2v) is 8.38. The first-order chi connectivity index (χ1) is 14.3. The lowest BCUT2D eigenvalue weighted by atomic mass is 10.1. The minimum absolute atomic E-state index is 0.645. The third-order valence-electron chi connectivity index (χ3n) is 4.57. The largest absolute Gasteiger partial charge is 0.381 e. The summed E-state index contributed by atoms with van der Waals surface area (Å²) in [6, 6.07) is 22.1. The number of benzene rings is 2. The summed E-state index contributed by atoms with van der Waals surface area (Å²) in [5.41, 5.74) is 3.78. The Morgan fingerprint density at radius 1 is 0.931 bits per heavy atom. The van der Waals surface area contributed by atoms with Crippen LogP contribution in [-0.4, -0.2) is 25.3 Å². The van der Waals surface area contributed by atoms with Crippen LogP contribution in [0.3, 0.4) is 0 Å². The molecule has 3 heterocycles. The summed E-state index contributed by atoms with van der Waals surface area (Å²) >= 11 is 3.04. The number of hydrogen-bond acceptors (Lipinski definition) is 6. The van der Waals surface area contributed by atoms with E-state index < -0.39 is 6.10 Å². The molecule has 0 aliphatic heterocycles. The van der Waals surface area contributed by atoms with Crippen molar-refractivity contribution >= 4 is 22.7 Å². The molecular weight excluding hydrogens is 400 g/mol. The molecule has 0 aliphatic rings. The molecule has 0 fully saturated rings. The Bertz CT molecular complexity index is 1210. The fourth-order valence-corrected chi connectivity index (χ4v) is 5.11. The molecule has 0 aliphatic carbocycles. The summed E-state index contributed by atoms with van der Waals surface area (Å²) in [5, 5.41) is 21.9. The number of hydrogen-bond donors (Lipinski definition) is 2. The Hall–Kier alpha value is -3.13. The summed E-state index contributed by atoms with van der Waals surface area (Å²) in [4.78, 5) is 9.67. The highest BCUT2D eigenvalue weighted by Crippen LogP contribution is 2.42. The minimum Gasteiger partial charge on any atom is -0.381 e. The van der Waals surface area contributed by atoms with E-state index in [1.165, 1.54) is 11.3 Å². The van der Waals surface area contributed by atoms with Gasteiger partial charge in [-0.1, -0.05) is 60.7 Å². The number of H-pyrrole nitrogens is 1. The fourth-order valence-electron chi connectivity index (χ4n) is 3.14. The van der Waals surface area contributed by atoms with E-state index in [2.05, 4.69) is 32.3 Å². The summed E-state index contributed by atoms with van der Waals surface area (Å²) in [7, 11) is 0. The van der Waals surface area contributed by atoms with Crippen LogP contribution < -0.4 is 0 Å². The maximum atomic E-state index is 11.2. The zero-order valence-electron chi connectivity index (χ0n) is 15.2. The van der Waals surface area contributed by atoms with Gasteiger partial charge in [0.15, 0.2) is 5.82 Å². The topological polar surface area (TPSA) is 74.7 Å². The van der Waals surface area contributed by atoms with E-state index in [0.717, 1.165) is 32.1 Å². The van der Waals surface area contributed by atoms with Crippen LogP contribution in [0, 0.1) is 0 Å². The number of aliphatic hydroxyl groups is 1. The van der Waals surface area contributed by atoms with Crippen LogP contribution in [0.5, 0.6) is 0 Å². The number of thiazole rings is 1. The van der Waals surface area contributed by atoms with Gasteiger partial charge in [0, 0.05) is 21.4 Å². The average molecular weight is 417 g/mol. The van der Waals surface area contributed by atoms with Gasteiger partial charge in [0.05, 0.1) is 10.6 Å². The molecule has 142 valence electrons. The van der Waals surface area contributed by atoms with E-state index in [9.17, 15) is 5.11 Å². The normalized spacial score (nSPS) is 12.2. The molecule has 1 atom stereocenters. The number of rotatable bonds is 5. The zero-order chi connectivity index (χ0) is 19.6. The Balaban J connectivity index is 1.56. The molecule has 0 amide bonds. The van der Waals surface area contributed by atoms with Gasteiger partial charge in [0.25, 0.3) is 0 Å². The van der Waals surface area contributed by atoms with Crippen molar-refractivity contribution in [3.8, 4) is 32.4 Å². The first kappa shape index (κ1) is 17.9. The third-order valence-corrected chi connectivity index (χ3v) is 6.67. The molecule has 7 heteroatoms. The first-order valence-corrected chi connectivity index (χ1v) is 10.7. The van der Waals surface area contributed by atoms with Crippen LogP contribution in [0.15, 0.2) is 78.4 Å². The van der Waals surface area contributed by atoms with Crippen molar-refractivity contribution in [2.75, 3.05) is 0 Å². The monoisotopic (exact) mass is 416 g/mol. The standard InChI is InChI=1S/C22H16N4OS2/c27-19(22-25-17(12-28-22)14-7-3-1-4-8-14)16-11-18(15-9-5-2-6-10-15)29-20(16)21-23-13-24-26-21/h1-13,19,27H,(H,23,24,26). The lowest BCUT2D eigenvalue weighted by molar-refractivity contribution is 0.221. The maximum Gasteiger partial charge on any atom is 0.171 e. The molecule has 1 unspecified atom stereocenters. The van der Waals surface area contributed by atoms with E-state index in [4.69, 9.17) is 0 Å². The lowest BCUT2D eigenvalue weighted by Crippen LogP contribution is -1.99. The molecular formula is C22H16N4OS2. The maximum absolute atomic E-state index is 11.2. The number of aliphatic hydroxyl groups excluding tert-OH is 1. The summed E-state index contributed by atoms with van der Waals surface area (Å²) in [5.74, 6) is 0.645. The molecule has 2 N–H and O–H groups in total. The van der Waals surface area contributed by atoms with E-state index in [1.54, 1.807) is 17.7 Å². The number of nitrogens with zero attached hydrogens (tertiary/aromatic N) is 3. The molecule has 0 radical (unpaired) electrons. The van der Waals surface area contributed by atoms with Crippen molar-refractivity contribution < 1.29 is 5.11 Å². The Kier molecular flexibility index (Phi) is 4.77. The average Bonchev–Trinajstić information content (AvgIpc) is 3.55. The Morgan fingerprint density at radius 3 is 2.34 bits per heavy atom. The van der Waals surface area contributed by atoms with Gasteiger partial charge >= 0.3 is 0 Å². The summed E-state index contributed by atoms with van der Waals surface area (Å²) in [6.45, 7) is 0. The lowest BCUT2D eigenvalue weighted by Gasteiger charge is -2.07. The predicted octanol–water partition coefficient (Wildman–Crippen LogP) is 5.41. The highest BCUT2D eigenvalue weighted by Gasteiger charge is 2.24. The van der Waals surface area contributed by atoms with Gasteiger partial charge in [0.2, 0.25) is 0 Å². The molecule has 5 rings (SSSR count). The van der Waals surface area contributed by atoms with E-state index in [1.807, 2.05) is 60.0 Å². The van der Waals surface area contributed by atoms with Gasteiger partial charge in [-0.15, -0.1) is 32.9 Å². The van der Waals surface area contributed by atoms with Crippen molar-refractivity contribution in [1.29, 1.82) is 0 Å². The number of nitrogens with one attached hydrogen (secondary N) is 1. The molecule has 2 aromatic carbocycles. The van der Waals surface area contributed by atoms with Crippen LogP contribution in [0.4, 0.5) is 0 Å². The van der Waals surface area contributed by atoms with Crippen LogP contribution >= 0.6 is 22.7 Å². The molecule has 0 spiro atoms. The SMILES string of the molecule is OC(c1nc(-c2ccccc2)cs1)c1cc(-c2ccccc2)sc1-c1nnc[nH]1. The van der Waals surface area contributed by atoms with Crippen LogP contribution in [0.1, 0.15) is 16.7 Å².